The van der Waals surface area contributed by atoms with Gasteiger partial charge in [-0.2, -0.15) is 0 Å². The van der Waals surface area contributed by atoms with Crippen molar-refractivity contribution >= 4 is 34.5 Å². The summed E-state index contributed by atoms with van der Waals surface area (Å²) in [7, 11) is 0. The van der Waals surface area contributed by atoms with Crippen molar-refractivity contribution in [2.45, 2.75) is 75.0 Å². The van der Waals surface area contributed by atoms with E-state index in [1.165, 1.54) is 6.07 Å². The molecule has 1 aromatic carbocycles. The van der Waals surface area contributed by atoms with Gasteiger partial charge in [0.25, 0.3) is 0 Å². The maximum Gasteiger partial charge on any atom is 0.338 e. The molecule has 1 fully saturated rings. The molecule has 2 rings (SSSR count). The van der Waals surface area contributed by atoms with E-state index in [2.05, 4.69) is 0 Å². The number of hydrogen-bond acceptors (Lipinski definition) is 5. The lowest BCUT2D eigenvalue weighted by atomic mass is 9.80. The highest BCUT2D eigenvalue weighted by molar-refractivity contribution is 14.1. The van der Waals surface area contributed by atoms with Crippen LogP contribution < -0.4 is 4.74 Å². The second-order valence-electron chi connectivity index (χ2n) is 8.74. The third kappa shape index (κ3) is 5.42. The summed E-state index contributed by atoms with van der Waals surface area (Å²) in [5, 5.41) is 13.5. The fourth-order valence-electron chi connectivity index (χ4n) is 3.39. The molecule has 27 heavy (non-hydrogen) atoms. The van der Waals surface area contributed by atoms with Crippen molar-refractivity contribution in [1.82, 2.24) is 5.06 Å². The van der Waals surface area contributed by atoms with Crippen LogP contribution in [0.5, 0.6) is 5.75 Å². The zero-order chi connectivity index (χ0) is 20.6. The smallest absolute Gasteiger partial charge is 0.338 e. The molecule has 1 heterocycles. The van der Waals surface area contributed by atoms with Gasteiger partial charge in [-0.3, -0.25) is 4.79 Å². The van der Waals surface area contributed by atoms with Gasteiger partial charge < -0.3 is 9.47 Å². The monoisotopic (exact) mass is 488 g/mol. The summed E-state index contributed by atoms with van der Waals surface area (Å²) in [4.78, 5) is 24.6. The molecule has 7 heteroatoms. The van der Waals surface area contributed by atoms with Crippen molar-refractivity contribution in [3.05, 3.63) is 29.8 Å². The first-order valence-electron chi connectivity index (χ1n) is 8.92. The van der Waals surface area contributed by atoms with E-state index in [4.69, 9.17) is 9.47 Å². The largest absolute Gasteiger partial charge is 0.459 e. The van der Waals surface area contributed by atoms with Gasteiger partial charge in [-0.15, -0.1) is 10.3 Å². The molecule has 6 nitrogen and oxygen atoms in total. The molecule has 0 amide bonds. The molecule has 0 atom stereocenters. The normalized spacial score (nSPS) is 20.1. The van der Waals surface area contributed by atoms with Crippen LogP contribution in [0.15, 0.2) is 24.3 Å². The Kier molecular flexibility index (Phi) is 6.28. The lowest BCUT2D eigenvalue weighted by Crippen LogP contribution is -2.60. The molecule has 1 radical (unpaired) electrons. The number of nitrogens with zero attached hydrogens (tertiary/aromatic N) is 1. The van der Waals surface area contributed by atoms with Crippen molar-refractivity contribution in [2.75, 3.05) is 0 Å². The minimum Gasteiger partial charge on any atom is -0.459 e. The third-order valence-electron chi connectivity index (χ3n) is 4.59. The molecule has 0 N–H and O–H groups in total. The first kappa shape index (κ1) is 22.1. The Bertz CT molecular complexity index is 705. The molecule has 0 unspecified atom stereocenters. The summed E-state index contributed by atoms with van der Waals surface area (Å²) in [6.45, 7) is 10.9. The molecule has 0 aliphatic carbocycles. The number of ether oxygens (including phenoxy) is 2. The van der Waals surface area contributed by atoms with Gasteiger partial charge in [0.1, 0.15) is 15.3 Å². The van der Waals surface area contributed by atoms with Crippen LogP contribution in [0, 0.1) is 0 Å². The van der Waals surface area contributed by atoms with Gasteiger partial charge in [0.05, 0.1) is 5.56 Å². The van der Waals surface area contributed by atoms with Gasteiger partial charge >= 0.3 is 11.9 Å². The van der Waals surface area contributed by atoms with Crippen LogP contribution in [-0.2, 0) is 14.7 Å². The summed E-state index contributed by atoms with van der Waals surface area (Å²) < 4.78 is 10.3. The van der Waals surface area contributed by atoms with Gasteiger partial charge in [0.15, 0.2) is 0 Å². The minimum absolute atomic E-state index is 0.300. The van der Waals surface area contributed by atoms with E-state index in [1.54, 1.807) is 32.0 Å². The van der Waals surface area contributed by atoms with Gasteiger partial charge in [0, 0.05) is 23.9 Å². The molecule has 149 valence electrons. The van der Waals surface area contributed by atoms with E-state index >= 15 is 0 Å². The molecule has 1 aliphatic heterocycles. The quantitative estimate of drug-likeness (QED) is 0.273. The topological polar surface area (TPSA) is 75.7 Å². The zero-order valence-corrected chi connectivity index (χ0v) is 18.8. The van der Waals surface area contributed by atoms with E-state index in [0.29, 0.717) is 24.2 Å². The highest BCUT2D eigenvalue weighted by Gasteiger charge is 2.47. The van der Waals surface area contributed by atoms with Crippen LogP contribution in [0.1, 0.15) is 64.7 Å². The average Bonchev–Trinajstić information content (AvgIpc) is 2.51. The lowest BCUT2D eigenvalue weighted by Gasteiger charge is -2.49. The molecule has 0 bridgehead atoms. The lowest BCUT2D eigenvalue weighted by molar-refractivity contribution is -0.298. The number of piperidine rings is 1. The number of rotatable bonds is 4. The average molecular weight is 488 g/mol. The maximum absolute atomic E-state index is 12.6. The fourth-order valence-corrected chi connectivity index (χ4v) is 3.50. The summed E-state index contributed by atoms with van der Waals surface area (Å²) in [6, 6.07) is 6.39. The van der Waals surface area contributed by atoms with Crippen LogP contribution in [-0.4, -0.2) is 37.6 Å². The SMILES string of the molecule is CC(C)(I)C(=O)Oc1cccc(C(=O)OC2CC(C)(C)N([O])C(C)(C)C2)c1. The number of halogens is 1. The summed E-state index contributed by atoms with van der Waals surface area (Å²) in [5.74, 6) is -0.577. The zero-order valence-electron chi connectivity index (χ0n) is 16.7. The Labute approximate surface area is 174 Å². The number of carbonyl (C=O) groups is 2. The number of hydrogen-bond donors (Lipinski definition) is 0. The molecular formula is C20H27INO5. The number of benzene rings is 1. The first-order valence-corrected chi connectivity index (χ1v) is 10.00. The van der Waals surface area contributed by atoms with Gasteiger partial charge in [-0.1, -0.05) is 28.7 Å². The Morgan fingerprint density at radius 2 is 1.70 bits per heavy atom. The van der Waals surface area contributed by atoms with Crippen molar-refractivity contribution < 1.29 is 24.3 Å². The van der Waals surface area contributed by atoms with Gasteiger partial charge in [0.2, 0.25) is 0 Å². The third-order valence-corrected chi connectivity index (χ3v) is 5.03. The molecule has 0 spiro atoms. The Morgan fingerprint density at radius 1 is 1.15 bits per heavy atom. The van der Waals surface area contributed by atoms with Crippen LogP contribution in [0.4, 0.5) is 0 Å². The standard InChI is InChI=1S/C20H27INO5/c1-18(2)11-15(12-19(3,4)22(18)25)26-16(23)13-8-7-9-14(10-13)27-17(24)20(5,6)21/h7-10,15H,11-12H2,1-6H3. The summed E-state index contributed by atoms with van der Waals surface area (Å²) in [5.41, 5.74) is -0.918. The highest BCUT2D eigenvalue weighted by Crippen LogP contribution is 2.38. The number of carbonyl (C=O) groups excluding carboxylic acids is 2. The fraction of sp³-hybridized carbons (Fsp3) is 0.600. The molecule has 1 saturated heterocycles. The Morgan fingerprint density at radius 3 is 2.22 bits per heavy atom. The molecule has 0 saturated carbocycles. The van der Waals surface area contributed by atoms with Crippen LogP contribution in [0.2, 0.25) is 0 Å². The highest BCUT2D eigenvalue weighted by atomic mass is 127. The van der Waals surface area contributed by atoms with E-state index < -0.39 is 20.5 Å². The van der Waals surface area contributed by atoms with Gasteiger partial charge in [-0.05, 0) is 59.7 Å². The van der Waals surface area contributed by atoms with E-state index in [0.717, 1.165) is 5.06 Å². The van der Waals surface area contributed by atoms with Gasteiger partial charge in [-0.25, -0.2) is 4.79 Å². The predicted octanol–water partition coefficient (Wildman–Crippen LogP) is 4.33. The summed E-state index contributed by atoms with van der Waals surface area (Å²) >= 11 is 2.00. The number of alkyl halides is 1. The van der Waals surface area contributed by atoms with E-state index in [9.17, 15) is 14.8 Å². The second kappa shape index (κ2) is 7.67. The van der Waals surface area contributed by atoms with Crippen LogP contribution >= 0.6 is 22.6 Å². The van der Waals surface area contributed by atoms with Crippen molar-refractivity contribution in [3.8, 4) is 5.75 Å². The summed E-state index contributed by atoms with van der Waals surface area (Å²) in [6.07, 6.45) is 0.569. The minimum atomic E-state index is -0.669. The number of esters is 2. The van der Waals surface area contributed by atoms with E-state index in [-0.39, 0.29) is 12.1 Å². The predicted molar refractivity (Wildman–Crippen MR) is 109 cm³/mol. The molecule has 1 aliphatic rings. The van der Waals surface area contributed by atoms with E-state index in [1.807, 2.05) is 50.3 Å². The number of hydroxylamine groups is 2. The second-order valence-corrected chi connectivity index (χ2v) is 11.4. The van der Waals surface area contributed by atoms with Crippen molar-refractivity contribution in [3.63, 3.8) is 0 Å². The van der Waals surface area contributed by atoms with Crippen molar-refractivity contribution in [2.24, 2.45) is 0 Å². The first-order chi connectivity index (χ1) is 12.2. The van der Waals surface area contributed by atoms with Crippen LogP contribution in [0.25, 0.3) is 0 Å². The Hall–Kier alpha value is -1.19. The van der Waals surface area contributed by atoms with Crippen molar-refractivity contribution in [1.29, 1.82) is 0 Å². The Balaban J connectivity index is 2.10. The molecule has 0 aromatic heterocycles. The maximum atomic E-state index is 12.6. The molecule has 1 aromatic rings. The molecular weight excluding hydrogens is 461 g/mol. The van der Waals surface area contributed by atoms with Crippen LogP contribution in [0.3, 0.4) is 0 Å².